The Morgan fingerprint density at radius 1 is 1.03 bits per heavy atom. The van der Waals surface area contributed by atoms with E-state index in [-0.39, 0.29) is 28.4 Å². The summed E-state index contributed by atoms with van der Waals surface area (Å²) in [6.45, 7) is 0. The molecule has 1 aliphatic carbocycles. The number of benzene rings is 2. The molecule has 0 saturated carbocycles. The Morgan fingerprint density at radius 2 is 1.74 bits per heavy atom. The summed E-state index contributed by atoms with van der Waals surface area (Å²) in [6.07, 6.45) is 1.75. The van der Waals surface area contributed by atoms with E-state index in [1.165, 1.54) is 19.1 Å². The van der Waals surface area contributed by atoms with Gasteiger partial charge in [0.05, 0.1) is 43.0 Å². The van der Waals surface area contributed by atoms with Crippen LogP contribution in [-0.2, 0) is 25.5 Å². The normalized spacial score (nSPS) is 17.7. The number of anilines is 1. The number of aryl methyl sites for hydroxylation is 1. The van der Waals surface area contributed by atoms with Gasteiger partial charge >= 0.3 is 11.9 Å². The van der Waals surface area contributed by atoms with Crippen molar-refractivity contribution in [1.82, 2.24) is 0 Å². The molecule has 2 N–H and O–H groups in total. The second kappa shape index (κ2) is 9.24. The predicted molar refractivity (Wildman–Crippen MR) is 123 cm³/mol. The van der Waals surface area contributed by atoms with Crippen molar-refractivity contribution in [2.45, 2.75) is 25.2 Å². The molecule has 2 aromatic carbocycles. The number of carbonyl (C=O) groups excluding carboxylic acids is 3. The Kier molecular flexibility index (Phi) is 6.19. The molecule has 0 spiro atoms. The number of esters is 2. The molecule has 1 atom stereocenters. The number of rotatable bonds is 4. The fraction of sp³-hybridized carbons (Fsp3) is 0.231. The van der Waals surface area contributed by atoms with Crippen LogP contribution in [0, 0.1) is 11.3 Å². The molecular weight excluding hydrogens is 434 g/mol. The first kappa shape index (κ1) is 22.8. The molecule has 1 unspecified atom stereocenters. The van der Waals surface area contributed by atoms with Gasteiger partial charge in [-0.3, -0.25) is 9.69 Å². The number of allylic oxidation sites excluding steroid dienone is 1. The molecule has 2 aliphatic rings. The number of carbonyl (C=O) groups is 3. The van der Waals surface area contributed by atoms with Crippen molar-refractivity contribution in [2.24, 2.45) is 5.73 Å². The Labute approximate surface area is 196 Å². The van der Waals surface area contributed by atoms with Crippen LogP contribution >= 0.6 is 0 Å². The average molecular weight is 457 g/mol. The van der Waals surface area contributed by atoms with Crippen molar-refractivity contribution in [1.29, 1.82) is 5.26 Å². The largest absolute Gasteiger partial charge is 0.466 e. The van der Waals surface area contributed by atoms with Gasteiger partial charge in [0.2, 0.25) is 0 Å². The van der Waals surface area contributed by atoms with Crippen molar-refractivity contribution in [3.63, 3.8) is 0 Å². The first-order chi connectivity index (χ1) is 16.4. The number of nitrogens with two attached hydrogens (primary N) is 1. The number of ketones is 1. The number of nitrogens with zero attached hydrogens (tertiary/aromatic N) is 2. The van der Waals surface area contributed by atoms with Gasteiger partial charge in [0.15, 0.2) is 5.78 Å². The van der Waals surface area contributed by atoms with Gasteiger partial charge in [-0.15, -0.1) is 0 Å². The number of hydrogen-bond donors (Lipinski definition) is 1. The monoisotopic (exact) mass is 457 g/mol. The van der Waals surface area contributed by atoms with E-state index in [4.69, 9.17) is 15.2 Å². The van der Waals surface area contributed by atoms with Gasteiger partial charge in [-0.2, -0.15) is 5.26 Å². The fourth-order valence-electron chi connectivity index (χ4n) is 4.63. The number of fused-ring (bicyclic) bond motifs is 1. The molecule has 4 rings (SSSR count). The number of methoxy groups -OCH3 is 2. The van der Waals surface area contributed by atoms with Crippen molar-refractivity contribution < 1.29 is 23.9 Å². The average Bonchev–Trinajstić information content (AvgIpc) is 2.87. The second-order valence-corrected chi connectivity index (χ2v) is 7.92. The minimum atomic E-state index is -0.959. The van der Waals surface area contributed by atoms with Crippen molar-refractivity contribution in [2.75, 3.05) is 19.1 Å². The zero-order valence-electron chi connectivity index (χ0n) is 18.8. The van der Waals surface area contributed by atoms with Gasteiger partial charge < -0.3 is 15.2 Å². The first-order valence-corrected chi connectivity index (χ1v) is 10.7. The summed E-state index contributed by atoms with van der Waals surface area (Å²) < 4.78 is 10.1. The topological polar surface area (TPSA) is 123 Å². The van der Waals surface area contributed by atoms with Gasteiger partial charge in [-0.05, 0) is 30.0 Å². The summed E-state index contributed by atoms with van der Waals surface area (Å²) in [5.74, 6) is -2.77. The number of hydrogen-bond acceptors (Lipinski definition) is 8. The highest BCUT2D eigenvalue weighted by atomic mass is 16.5. The van der Waals surface area contributed by atoms with E-state index >= 15 is 0 Å². The molecule has 0 fully saturated rings. The van der Waals surface area contributed by atoms with Crippen LogP contribution in [0.2, 0.25) is 0 Å². The summed E-state index contributed by atoms with van der Waals surface area (Å²) in [6, 6.07) is 16.1. The molecule has 0 amide bonds. The van der Waals surface area contributed by atoms with E-state index in [9.17, 15) is 19.6 Å². The predicted octanol–water partition coefficient (Wildman–Crippen LogP) is 3.10. The quantitative estimate of drug-likeness (QED) is 0.695. The van der Waals surface area contributed by atoms with Crippen molar-refractivity contribution >= 4 is 23.4 Å². The van der Waals surface area contributed by atoms with Gasteiger partial charge in [0.25, 0.3) is 0 Å². The minimum absolute atomic E-state index is 0.0557. The number of ether oxygens (including phenoxy) is 2. The molecule has 8 heteroatoms. The number of nitriles is 1. The van der Waals surface area contributed by atoms with Gasteiger partial charge in [-0.1, -0.05) is 42.5 Å². The van der Waals surface area contributed by atoms with E-state index in [1.807, 2.05) is 6.07 Å². The Bertz CT molecular complexity index is 1290. The Morgan fingerprint density at radius 3 is 2.38 bits per heavy atom. The maximum absolute atomic E-state index is 13.2. The summed E-state index contributed by atoms with van der Waals surface area (Å²) in [5.41, 5.74) is 8.44. The van der Waals surface area contributed by atoms with Gasteiger partial charge in [0, 0.05) is 12.0 Å². The Balaban J connectivity index is 2.10. The fourth-order valence-corrected chi connectivity index (χ4v) is 4.63. The highest BCUT2D eigenvalue weighted by Gasteiger charge is 2.44. The van der Waals surface area contributed by atoms with Crippen LogP contribution in [0.25, 0.3) is 0 Å². The highest BCUT2D eigenvalue weighted by molar-refractivity contribution is 6.09. The van der Waals surface area contributed by atoms with Crippen LogP contribution in [-0.4, -0.2) is 31.9 Å². The third-order valence-corrected chi connectivity index (χ3v) is 6.11. The molecule has 172 valence electrons. The van der Waals surface area contributed by atoms with Crippen molar-refractivity contribution in [3.8, 4) is 6.07 Å². The molecule has 1 heterocycles. The minimum Gasteiger partial charge on any atom is -0.466 e. The standard InChI is InChI=1S/C26H23N3O5/c1-33-25(31)22-20(15-8-4-3-5-9-15)17(14-27)24(28)29(23(22)26(32)34-2)18-12-6-10-16-11-7-13-19(30)21(16)18/h3-6,8-10,12,20H,7,11,13,28H2,1-2H3. The lowest BCUT2D eigenvalue weighted by molar-refractivity contribution is -0.139. The molecule has 0 aromatic heterocycles. The molecule has 2 aromatic rings. The summed E-state index contributed by atoms with van der Waals surface area (Å²) in [7, 11) is 2.38. The summed E-state index contributed by atoms with van der Waals surface area (Å²) >= 11 is 0. The van der Waals surface area contributed by atoms with Crippen LogP contribution in [0.15, 0.2) is 71.2 Å². The molecule has 0 saturated heterocycles. The van der Waals surface area contributed by atoms with E-state index < -0.39 is 17.9 Å². The zero-order chi connectivity index (χ0) is 24.4. The van der Waals surface area contributed by atoms with E-state index in [1.54, 1.807) is 42.5 Å². The lowest BCUT2D eigenvalue weighted by Crippen LogP contribution is -2.41. The molecule has 8 nitrogen and oxygen atoms in total. The van der Waals surface area contributed by atoms with E-state index in [0.717, 1.165) is 5.56 Å². The smallest absolute Gasteiger partial charge is 0.355 e. The third kappa shape index (κ3) is 3.61. The van der Waals surface area contributed by atoms with Gasteiger partial charge in [-0.25, -0.2) is 9.59 Å². The second-order valence-electron chi connectivity index (χ2n) is 7.92. The van der Waals surface area contributed by atoms with Gasteiger partial charge in [0.1, 0.15) is 11.5 Å². The molecular formula is C26H23N3O5. The Hall–Kier alpha value is -4.38. The lowest BCUT2D eigenvalue weighted by atomic mass is 9.80. The first-order valence-electron chi connectivity index (χ1n) is 10.7. The molecule has 1 aliphatic heterocycles. The van der Waals surface area contributed by atoms with Crippen LogP contribution in [0.1, 0.15) is 40.2 Å². The highest BCUT2D eigenvalue weighted by Crippen LogP contribution is 2.44. The summed E-state index contributed by atoms with van der Waals surface area (Å²) in [4.78, 5) is 40.5. The van der Waals surface area contributed by atoms with Crippen molar-refractivity contribution in [3.05, 3.63) is 87.9 Å². The van der Waals surface area contributed by atoms with Crippen LogP contribution in [0.3, 0.4) is 0 Å². The maximum atomic E-state index is 13.2. The van der Waals surface area contributed by atoms with Crippen LogP contribution < -0.4 is 10.6 Å². The van der Waals surface area contributed by atoms with Crippen LogP contribution in [0.4, 0.5) is 5.69 Å². The SMILES string of the molecule is COC(=O)C1=C(C(=O)OC)N(c2cccc3c2C(=O)CCC3)C(N)=C(C#N)C1c1ccccc1. The van der Waals surface area contributed by atoms with E-state index in [0.29, 0.717) is 36.1 Å². The lowest BCUT2D eigenvalue weighted by Gasteiger charge is -2.37. The maximum Gasteiger partial charge on any atom is 0.355 e. The zero-order valence-corrected chi connectivity index (χ0v) is 18.8. The number of Topliss-reactive ketones (excluding diaryl/α,β-unsaturated/α-hetero) is 1. The summed E-state index contributed by atoms with van der Waals surface area (Å²) in [5, 5.41) is 10.1. The molecule has 34 heavy (non-hydrogen) atoms. The van der Waals surface area contributed by atoms with Crippen LogP contribution in [0.5, 0.6) is 0 Å². The molecule has 0 bridgehead atoms. The molecule has 0 radical (unpaired) electrons. The third-order valence-electron chi connectivity index (χ3n) is 6.11. The van der Waals surface area contributed by atoms with E-state index in [2.05, 4.69) is 6.07 Å².